The van der Waals surface area contributed by atoms with Gasteiger partial charge in [-0.25, -0.2) is 0 Å². The third-order valence-corrected chi connectivity index (χ3v) is 12.1. The molecule has 24 heteroatoms. The molecule has 2 atom stereocenters. The molecule has 4 aromatic rings. The van der Waals surface area contributed by atoms with Crippen LogP contribution in [0.2, 0.25) is 20.1 Å². The molecule has 63 heavy (non-hydrogen) atoms. The molecule has 0 bridgehead atoms. The van der Waals surface area contributed by atoms with Crippen LogP contribution in [0.4, 0.5) is 37.7 Å². The molecule has 2 saturated heterocycles. The van der Waals surface area contributed by atoms with Crippen molar-refractivity contribution >= 4 is 69.6 Å². The Morgan fingerprint density at radius 1 is 0.683 bits per heavy atom. The maximum absolute atomic E-state index is 13.1. The van der Waals surface area contributed by atoms with E-state index in [1.165, 1.54) is 33.0 Å². The smallest absolute Gasteiger partial charge is 0.436 e. The first-order chi connectivity index (χ1) is 29.6. The van der Waals surface area contributed by atoms with Gasteiger partial charge >= 0.3 is 12.4 Å². The number of carbonyl (C=O) groups excluding carboxylic acids is 2. The summed E-state index contributed by atoms with van der Waals surface area (Å²) in [5.41, 5.74) is -0.611. The largest absolute Gasteiger partial charge is 0.495 e. The van der Waals surface area contributed by atoms with E-state index in [-0.39, 0.29) is 49.6 Å². The van der Waals surface area contributed by atoms with Crippen LogP contribution in [-0.4, -0.2) is 132 Å². The Balaban J connectivity index is 0.000000238. The first-order valence-electron chi connectivity index (χ1n) is 19.1. The van der Waals surface area contributed by atoms with Crippen molar-refractivity contribution in [3.05, 3.63) is 79.3 Å². The van der Waals surface area contributed by atoms with E-state index in [1.807, 2.05) is 17.0 Å². The van der Waals surface area contributed by atoms with Crippen LogP contribution < -0.4 is 19.3 Å². The van der Waals surface area contributed by atoms with E-state index >= 15 is 0 Å². The number of nitrogens with zero attached hydrogens (tertiary/aromatic N) is 8. The Kier molecular flexibility index (Phi) is 16.3. The van der Waals surface area contributed by atoms with E-state index in [2.05, 4.69) is 15.1 Å². The zero-order chi connectivity index (χ0) is 46.6. The van der Waals surface area contributed by atoms with Gasteiger partial charge in [0.2, 0.25) is 11.8 Å². The maximum Gasteiger partial charge on any atom is 0.436 e. The molecule has 2 aliphatic rings. The average Bonchev–Trinajstić information content (AvgIpc) is 3.70. The van der Waals surface area contributed by atoms with Gasteiger partial charge in [0, 0.05) is 69.9 Å². The molecule has 4 heterocycles. The molecule has 346 valence electrons. The highest BCUT2D eigenvalue weighted by Gasteiger charge is 2.40. The minimum atomic E-state index is -4.70. The number of aliphatic hydroxyl groups excluding tert-OH is 1. The molecule has 1 N–H and O–H groups in total. The second kappa shape index (κ2) is 20.7. The number of piperazine rings is 2. The molecule has 2 aromatic heterocycles. The summed E-state index contributed by atoms with van der Waals surface area (Å²) in [5.74, 6) is 0.254. The fourth-order valence-electron chi connectivity index (χ4n) is 7.16. The van der Waals surface area contributed by atoms with Crippen molar-refractivity contribution in [2.45, 2.75) is 51.4 Å². The van der Waals surface area contributed by atoms with Gasteiger partial charge in [0.15, 0.2) is 11.4 Å². The normalized spacial score (nSPS) is 17.1. The monoisotopic (exact) mass is 974 g/mol. The summed E-state index contributed by atoms with van der Waals surface area (Å²) in [6.45, 7) is 4.32. The third kappa shape index (κ3) is 11.5. The highest BCUT2D eigenvalue weighted by atomic mass is 35.5. The summed E-state index contributed by atoms with van der Waals surface area (Å²) in [4.78, 5) is 32.7. The summed E-state index contributed by atoms with van der Waals surface area (Å²) in [5, 5.41) is 16.8. The topological polar surface area (TPSA) is 131 Å². The van der Waals surface area contributed by atoms with Gasteiger partial charge in [-0.1, -0.05) is 46.4 Å². The van der Waals surface area contributed by atoms with E-state index < -0.39 is 45.7 Å². The van der Waals surface area contributed by atoms with Crippen molar-refractivity contribution in [2.24, 2.45) is 0 Å². The van der Waals surface area contributed by atoms with Crippen LogP contribution in [0.5, 0.6) is 11.5 Å². The quantitative estimate of drug-likeness (QED) is 0.155. The summed E-state index contributed by atoms with van der Waals surface area (Å²) in [7, 11) is 4.59. The number of anilines is 2. The van der Waals surface area contributed by atoms with Crippen molar-refractivity contribution < 1.29 is 55.2 Å². The Morgan fingerprint density at radius 3 is 1.43 bits per heavy atom. The lowest BCUT2D eigenvalue weighted by atomic mass is 10.1. The van der Waals surface area contributed by atoms with Crippen LogP contribution in [0.1, 0.15) is 22.8 Å². The number of aromatic nitrogens is 4. The maximum atomic E-state index is 13.1. The molecule has 0 unspecified atom stereocenters. The highest BCUT2D eigenvalue weighted by Crippen LogP contribution is 2.37. The molecular weight excluding hydrogens is 932 g/mol. The van der Waals surface area contributed by atoms with Crippen LogP contribution in [0.25, 0.3) is 0 Å². The number of hydrogen-bond donors (Lipinski definition) is 1. The number of alkyl halides is 6. The van der Waals surface area contributed by atoms with Crippen LogP contribution in [0.3, 0.4) is 0 Å². The van der Waals surface area contributed by atoms with Gasteiger partial charge in [0.25, 0.3) is 0 Å². The van der Waals surface area contributed by atoms with Crippen molar-refractivity contribution in [3.63, 3.8) is 0 Å². The van der Waals surface area contributed by atoms with Gasteiger partial charge < -0.3 is 38.9 Å². The van der Waals surface area contributed by atoms with Gasteiger partial charge in [0.05, 0.1) is 71.0 Å². The highest BCUT2D eigenvalue weighted by molar-refractivity contribution is 6.33. The number of ether oxygens (including phenoxy) is 3. The molecule has 2 fully saturated rings. The molecule has 2 amide bonds. The first kappa shape index (κ1) is 49.7. The Hall–Kier alpha value is -4.34. The number of hydrogen-bond acceptors (Lipinski definition) is 10. The van der Waals surface area contributed by atoms with Crippen LogP contribution in [0, 0.1) is 13.8 Å². The van der Waals surface area contributed by atoms with Crippen LogP contribution in [0.15, 0.2) is 36.4 Å². The summed E-state index contributed by atoms with van der Waals surface area (Å²) in [6, 6.07) is 10.1. The Labute approximate surface area is 378 Å². The van der Waals surface area contributed by atoms with E-state index in [4.69, 9.17) is 60.6 Å². The predicted molar refractivity (Wildman–Crippen MR) is 224 cm³/mol. The van der Waals surface area contributed by atoms with E-state index in [0.717, 1.165) is 20.7 Å². The SMILES string of the molecule is COC[C@H]1CN(C(=O)Cn2nc(C(F)(F)F)c(Cl)c2C)CCN1c1ccc(Cl)c(OC)c1.COc1cc(N2CCN(C(=O)Cn3nc(C(F)(F)F)c(Cl)c3C)C[C@@H]2CO)ccc1Cl. The lowest BCUT2D eigenvalue weighted by Gasteiger charge is -2.42. The Morgan fingerprint density at radius 2 is 1.08 bits per heavy atom. The zero-order valence-electron chi connectivity index (χ0n) is 34.5. The molecule has 2 aromatic carbocycles. The molecule has 0 saturated carbocycles. The summed E-state index contributed by atoms with van der Waals surface area (Å²) in [6.07, 6.45) is -9.39. The van der Waals surface area contributed by atoms with Crippen LogP contribution >= 0.6 is 46.4 Å². The zero-order valence-corrected chi connectivity index (χ0v) is 37.6. The summed E-state index contributed by atoms with van der Waals surface area (Å²) < 4.78 is 96.0. The van der Waals surface area contributed by atoms with E-state index in [0.29, 0.717) is 60.9 Å². The van der Waals surface area contributed by atoms with Crippen LogP contribution in [-0.2, 0) is 39.8 Å². The molecule has 0 spiro atoms. The number of aliphatic hydroxyl groups is 1. The number of methoxy groups -OCH3 is 3. The molecule has 14 nitrogen and oxygen atoms in total. The van der Waals surface area contributed by atoms with Crippen molar-refractivity contribution in [2.75, 3.05) is 83.6 Å². The second-order valence-corrected chi connectivity index (χ2v) is 16.0. The van der Waals surface area contributed by atoms with Crippen molar-refractivity contribution in [1.82, 2.24) is 29.4 Å². The van der Waals surface area contributed by atoms with Crippen molar-refractivity contribution in [3.8, 4) is 11.5 Å². The molecule has 0 radical (unpaired) electrons. The van der Waals surface area contributed by atoms with Gasteiger partial charge in [-0.2, -0.15) is 36.5 Å². The Bertz CT molecular complexity index is 2260. The minimum Gasteiger partial charge on any atom is -0.495 e. The van der Waals surface area contributed by atoms with Gasteiger partial charge in [-0.15, -0.1) is 0 Å². The number of halogens is 10. The third-order valence-electron chi connectivity index (χ3n) is 10.5. The summed E-state index contributed by atoms with van der Waals surface area (Å²) >= 11 is 23.7. The number of rotatable bonds is 11. The molecule has 0 aliphatic carbocycles. The fraction of sp³-hybridized carbons (Fsp3) is 0.487. The average molecular weight is 977 g/mol. The van der Waals surface area contributed by atoms with Gasteiger partial charge in [-0.3, -0.25) is 19.0 Å². The first-order valence-corrected chi connectivity index (χ1v) is 20.6. The number of carbonyl (C=O) groups is 2. The standard InChI is InChI=1S/C20H23Cl2F3N4O3.C19H21Cl2F3N4O3/c1-12-18(22)19(20(23,24)25)26-29(12)10-17(30)27-6-7-28(14(9-27)11-31-2)13-4-5-15(21)16(8-13)32-3;1-11-17(21)18(19(22,23)24)25-28(11)9-16(30)26-5-6-27(13(8-26)10-29)12-3-4-14(20)15(7-12)31-2/h4-5,8,14H,6-7,9-11H2,1-3H3;3-4,7,13,29H,5-6,8-10H2,1-2H3/t14-;13-/m11/s1. The van der Waals surface area contributed by atoms with E-state index in [1.54, 1.807) is 36.3 Å². The molecule has 6 rings (SSSR count). The van der Waals surface area contributed by atoms with Gasteiger partial charge in [-0.05, 0) is 38.1 Å². The van der Waals surface area contributed by atoms with Gasteiger partial charge in [0.1, 0.15) is 24.6 Å². The lowest BCUT2D eigenvalue weighted by molar-refractivity contribution is -0.142. The minimum absolute atomic E-state index is 0.0629. The second-order valence-electron chi connectivity index (χ2n) is 14.5. The molecular formula is C39H44Cl4F6N8O6. The number of benzene rings is 2. The predicted octanol–water partition coefficient (Wildman–Crippen LogP) is 7.12. The molecule has 2 aliphatic heterocycles. The van der Waals surface area contributed by atoms with E-state index in [9.17, 15) is 41.0 Å². The number of amides is 2. The lowest BCUT2D eigenvalue weighted by Crippen LogP contribution is -2.57. The fourth-order valence-corrected chi connectivity index (χ4v) is 8.04. The van der Waals surface area contributed by atoms with Crippen molar-refractivity contribution in [1.29, 1.82) is 0 Å².